The smallest absolute Gasteiger partial charge is 0.232 e. The zero-order valence-corrected chi connectivity index (χ0v) is 18.2. The molecular formula is C23H21BrClNO2. The molecule has 1 amide bonds. The van der Waals surface area contributed by atoms with Crippen molar-refractivity contribution in [2.24, 2.45) is 5.41 Å². The van der Waals surface area contributed by atoms with Gasteiger partial charge in [0, 0.05) is 39.5 Å². The molecule has 1 atom stereocenters. The van der Waals surface area contributed by atoms with Gasteiger partial charge in [-0.25, -0.2) is 0 Å². The van der Waals surface area contributed by atoms with Crippen molar-refractivity contribution in [2.75, 3.05) is 4.90 Å². The van der Waals surface area contributed by atoms with E-state index in [-0.39, 0.29) is 29.4 Å². The van der Waals surface area contributed by atoms with E-state index in [1.54, 1.807) is 17.0 Å². The molecule has 0 radical (unpaired) electrons. The first-order valence-electron chi connectivity index (χ1n) is 9.35. The second-order valence-corrected chi connectivity index (χ2v) is 9.67. The fourth-order valence-corrected chi connectivity index (χ4v) is 4.76. The molecule has 0 saturated heterocycles. The zero-order chi connectivity index (χ0) is 20.1. The maximum absolute atomic E-state index is 13.3. The largest absolute Gasteiger partial charge is 0.294 e. The van der Waals surface area contributed by atoms with Crippen molar-refractivity contribution in [1.29, 1.82) is 0 Å². The minimum atomic E-state index is -0.199. The Balaban J connectivity index is 1.89. The van der Waals surface area contributed by atoms with Crippen LogP contribution in [-0.4, -0.2) is 11.7 Å². The summed E-state index contributed by atoms with van der Waals surface area (Å²) in [7, 11) is 0. The highest BCUT2D eigenvalue weighted by atomic mass is 79.9. The molecule has 0 spiro atoms. The van der Waals surface area contributed by atoms with Gasteiger partial charge in [0.15, 0.2) is 5.78 Å². The molecule has 0 saturated carbocycles. The number of carbonyl (C=O) groups excluding carboxylic acids is 2. The molecule has 0 aromatic heterocycles. The lowest BCUT2D eigenvalue weighted by Crippen LogP contribution is -2.43. The van der Waals surface area contributed by atoms with Crippen LogP contribution in [0.15, 0.2) is 64.3 Å². The molecule has 28 heavy (non-hydrogen) atoms. The van der Waals surface area contributed by atoms with Crippen molar-refractivity contribution in [3.05, 3.63) is 74.9 Å². The Bertz CT molecular complexity index is 994. The van der Waals surface area contributed by atoms with Crippen LogP contribution in [0.1, 0.15) is 44.6 Å². The molecule has 2 aromatic carbocycles. The third kappa shape index (κ3) is 3.56. The number of Topliss-reactive ketones (excluding diaryl/α,β-unsaturated/α-hetero) is 1. The van der Waals surface area contributed by atoms with Crippen LogP contribution < -0.4 is 4.90 Å². The molecule has 1 aliphatic heterocycles. The Morgan fingerprint density at radius 1 is 1.07 bits per heavy atom. The zero-order valence-electron chi connectivity index (χ0n) is 15.8. The third-order valence-corrected chi connectivity index (χ3v) is 6.25. The van der Waals surface area contributed by atoms with E-state index >= 15 is 0 Å². The number of nitrogens with zero attached hydrogens (tertiary/aromatic N) is 1. The summed E-state index contributed by atoms with van der Waals surface area (Å²) in [6.07, 6.45) is 1.45. The lowest BCUT2D eigenvalue weighted by molar-refractivity contribution is -0.121. The van der Waals surface area contributed by atoms with Crippen LogP contribution >= 0.6 is 27.5 Å². The summed E-state index contributed by atoms with van der Waals surface area (Å²) < 4.78 is 0.976. The van der Waals surface area contributed by atoms with Gasteiger partial charge in [-0.1, -0.05) is 59.6 Å². The van der Waals surface area contributed by atoms with Crippen LogP contribution in [0.3, 0.4) is 0 Å². The Morgan fingerprint density at radius 3 is 2.46 bits per heavy atom. The first-order valence-corrected chi connectivity index (χ1v) is 10.5. The molecule has 2 aromatic rings. The number of hydrogen-bond acceptors (Lipinski definition) is 2. The van der Waals surface area contributed by atoms with Crippen molar-refractivity contribution in [2.45, 2.75) is 39.0 Å². The summed E-state index contributed by atoms with van der Waals surface area (Å²) in [6, 6.07) is 15.2. The van der Waals surface area contributed by atoms with Crippen LogP contribution in [0.25, 0.3) is 0 Å². The maximum Gasteiger partial charge on any atom is 0.232 e. The van der Waals surface area contributed by atoms with E-state index in [2.05, 4.69) is 29.8 Å². The molecule has 4 rings (SSSR count). The first-order chi connectivity index (χ1) is 13.2. The number of rotatable bonds is 2. The van der Waals surface area contributed by atoms with Crippen molar-refractivity contribution in [3.63, 3.8) is 0 Å². The molecule has 3 nitrogen and oxygen atoms in total. The van der Waals surface area contributed by atoms with Gasteiger partial charge < -0.3 is 0 Å². The number of hydrogen-bond donors (Lipinski definition) is 0. The van der Waals surface area contributed by atoms with Crippen molar-refractivity contribution >= 4 is 44.9 Å². The Hall–Kier alpha value is -1.91. The van der Waals surface area contributed by atoms with Gasteiger partial charge in [0.1, 0.15) is 0 Å². The number of anilines is 1. The summed E-state index contributed by atoms with van der Waals surface area (Å²) >= 11 is 9.64. The quantitative estimate of drug-likeness (QED) is 0.532. The normalized spacial score (nSPS) is 21.7. The first kappa shape index (κ1) is 19.4. The van der Waals surface area contributed by atoms with E-state index in [4.69, 9.17) is 11.6 Å². The average molecular weight is 459 g/mol. The number of ketones is 1. The van der Waals surface area contributed by atoms with Gasteiger partial charge in [-0.15, -0.1) is 0 Å². The molecule has 1 heterocycles. The summed E-state index contributed by atoms with van der Waals surface area (Å²) in [5.74, 6) is -0.0623. The SMILES string of the molecule is CC1(C)CC(=O)C2=C(C1)N(c1cccc(Cl)c1)C(=O)CC2c1ccc(Br)cc1. The van der Waals surface area contributed by atoms with Crippen molar-refractivity contribution in [1.82, 2.24) is 0 Å². The molecule has 1 unspecified atom stereocenters. The molecule has 0 bridgehead atoms. The van der Waals surface area contributed by atoms with E-state index < -0.39 is 0 Å². The molecule has 0 N–H and O–H groups in total. The van der Waals surface area contributed by atoms with Gasteiger partial charge in [-0.3, -0.25) is 14.5 Å². The van der Waals surface area contributed by atoms with Gasteiger partial charge in [0.25, 0.3) is 0 Å². The van der Waals surface area contributed by atoms with Gasteiger partial charge in [-0.05, 0) is 47.7 Å². The summed E-state index contributed by atoms with van der Waals surface area (Å²) in [5.41, 5.74) is 3.15. The predicted molar refractivity (Wildman–Crippen MR) is 115 cm³/mol. The Morgan fingerprint density at radius 2 is 1.79 bits per heavy atom. The van der Waals surface area contributed by atoms with E-state index in [9.17, 15) is 9.59 Å². The van der Waals surface area contributed by atoms with Crippen LogP contribution in [0.5, 0.6) is 0 Å². The van der Waals surface area contributed by atoms with E-state index in [0.29, 0.717) is 17.9 Å². The van der Waals surface area contributed by atoms with Gasteiger partial charge in [0.2, 0.25) is 5.91 Å². The molecule has 5 heteroatoms. The Kier molecular flexibility index (Phi) is 4.96. The lowest BCUT2D eigenvalue weighted by atomic mass is 9.69. The third-order valence-electron chi connectivity index (χ3n) is 5.48. The predicted octanol–water partition coefficient (Wildman–Crippen LogP) is 6.27. The second-order valence-electron chi connectivity index (χ2n) is 8.32. The van der Waals surface area contributed by atoms with Crippen molar-refractivity contribution in [3.8, 4) is 0 Å². The van der Waals surface area contributed by atoms with E-state index in [1.165, 1.54) is 0 Å². The van der Waals surface area contributed by atoms with Gasteiger partial charge in [0.05, 0.1) is 5.69 Å². The Labute approximate surface area is 178 Å². The molecule has 144 valence electrons. The molecule has 0 fully saturated rings. The summed E-state index contributed by atoms with van der Waals surface area (Å²) in [6.45, 7) is 4.16. The standard InChI is InChI=1S/C23H21BrClNO2/c1-23(2)12-19-22(20(27)13-23)18(14-6-8-15(24)9-7-14)11-21(28)26(19)17-5-3-4-16(25)10-17/h3-10,18H,11-13H2,1-2H3. The summed E-state index contributed by atoms with van der Waals surface area (Å²) in [4.78, 5) is 28.2. The highest BCUT2D eigenvalue weighted by Crippen LogP contribution is 2.48. The average Bonchev–Trinajstić information content (AvgIpc) is 2.60. The van der Waals surface area contributed by atoms with Gasteiger partial charge in [-0.2, -0.15) is 0 Å². The van der Waals surface area contributed by atoms with Crippen molar-refractivity contribution < 1.29 is 9.59 Å². The highest BCUT2D eigenvalue weighted by Gasteiger charge is 2.44. The maximum atomic E-state index is 13.3. The van der Waals surface area contributed by atoms with Crippen LogP contribution in [-0.2, 0) is 9.59 Å². The minimum Gasteiger partial charge on any atom is -0.294 e. The fourth-order valence-electron chi connectivity index (χ4n) is 4.31. The fraction of sp³-hybridized carbons (Fsp3) is 0.304. The number of allylic oxidation sites excluding steroid dienone is 2. The number of halogens is 2. The topological polar surface area (TPSA) is 37.4 Å². The minimum absolute atomic E-state index is 0.000523. The monoisotopic (exact) mass is 457 g/mol. The number of amides is 1. The lowest BCUT2D eigenvalue weighted by Gasteiger charge is -2.43. The van der Waals surface area contributed by atoms with E-state index in [0.717, 1.165) is 27.0 Å². The van der Waals surface area contributed by atoms with Crippen LogP contribution in [0.4, 0.5) is 5.69 Å². The van der Waals surface area contributed by atoms with Gasteiger partial charge >= 0.3 is 0 Å². The number of benzene rings is 2. The second kappa shape index (κ2) is 7.16. The molecule has 1 aliphatic carbocycles. The van der Waals surface area contributed by atoms with E-state index in [1.807, 2.05) is 36.4 Å². The van der Waals surface area contributed by atoms with Crippen LogP contribution in [0.2, 0.25) is 5.02 Å². The number of carbonyl (C=O) groups is 2. The summed E-state index contributed by atoms with van der Waals surface area (Å²) in [5, 5.41) is 0.573. The highest BCUT2D eigenvalue weighted by molar-refractivity contribution is 9.10. The van der Waals surface area contributed by atoms with Crippen LogP contribution in [0, 0.1) is 5.41 Å². The molecule has 2 aliphatic rings. The molecular weight excluding hydrogens is 438 g/mol.